The Morgan fingerprint density at radius 3 is 2.42 bits per heavy atom. The maximum absolute atomic E-state index is 14.0. The molecule has 0 aromatic heterocycles. The molecule has 0 atom stereocenters. The zero-order chi connectivity index (χ0) is 14.2. The number of aromatic hydroxyl groups is 1. The van der Waals surface area contributed by atoms with Crippen LogP contribution >= 0.6 is 27.5 Å². The van der Waals surface area contributed by atoms with Crippen molar-refractivity contribution in [3.8, 4) is 16.9 Å². The van der Waals surface area contributed by atoms with Crippen LogP contribution in [-0.2, 0) is 0 Å². The molecule has 98 valence electrons. The smallest absolute Gasteiger partial charge is 0.335 e. The Hall–Kier alpha value is -1.59. The van der Waals surface area contributed by atoms with E-state index in [4.69, 9.17) is 16.7 Å². The molecule has 6 heteroatoms. The summed E-state index contributed by atoms with van der Waals surface area (Å²) < 4.78 is 14.4. The molecule has 0 aliphatic carbocycles. The number of hydrogen-bond donors (Lipinski definition) is 2. The third kappa shape index (κ3) is 2.57. The molecule has 0 unspecified atom stereocenters. The third-order valence-electron chi connectivity index (χ3n) is 2.57. The Kier molecular flexibility index (Phi) is 3.78. The Labute approximate surface area is 121 Å². The molecule has 2 aromatic rings. The Bertz CT molecular complexity index is 673. The van der Waals surface area contributed by atoms with Crippen LogP contribution in [0, 0.1) is 5.82 Å². The van der Waals surface area contributed by atoms with Gasteiger partial charge in [-0.25, -0.2) is 9.18 Å². The summed E-state index contributed by atoms with van der Waals surface area (Å²) in [5.74, 6) is -2.18. The highest BCUT2D eigenvalue weighted by Crippen LogP contribution is 2.37. The first-order chi connectivity index (χ1) is 8.91. The van der Waals surface area contributed by atoms with Gasteiger partial charge in [-0.3, -0.25) is 0 Å². The lowest BCUT2D eigenvalue weighted by Gasteiger charge is -2.09. The van der Waals surface area contributed by atoms with E-state index in [9.17, 15) is 14.3 Å². The summed E-state index contributed by atoms with van der Waals surface area (Å²) >= 11 is 8.86. The second-order valence-corrected chi connectivity index (χ2v) is 4.99. The second-order valence-electron chi connectivity index (χ2n) is 3.76. The first kappa shape index (κ1) is 13.8. The van der Waals surface area contributed by atoms with E-state index in [0.717, 1.165) is 6.07 Å². The highest BCUT2D eigenvalue weighted by atomic mass is 79.9. The average molecular weight is 346 g/mol. The van der Waals surface area contributed by atoms with Gasteiger partial charge in [-0.1, -0.05) is 17.7 Å². The molecule has 0 heterocycles. The average Bonchev–Trinajstić information content (AvgIpc) is 2.37. The number of carboxylic acid groups (broad SMARTS) is 1. The van der Waals surface area contributed by atoms with E-state index in [0.29, 0.717) is 4.47 Å². The van der Waals surface area contributed by atoms with E-state index in [2.05, 4.69) is 15.9 Å². The topological polar surface area (TPSA) is 57.5 Å². The number of hydrogen-bond acceptors (Lipinski definition) is 2. The van der Waals surface area contributed by atoms with Crippen molar-refractivity contribution < 1.29 is 19.4 Å². The maximum Gasteiger partial charge on any atom is 0.335 e. The Morgan fingerprint density at radius 1 is 1.21 bits per heavy atom. The summed E-state index contributed by atoms with van der Waals surface area (Å²) in [5.41, 5.74) is 0.199. The molecule has 2 aromatic carbocycles. The van der Waals surface area contributed by atoms with Crippen LogP contribution in [-0.4, -0.2) is 16.2 Å². The molecule has 3 nitrogen and oxygen atoms in total. The summed E-state index contributed by atoms with van der Waals surface area (Å²) in [4.78, 5) is 10.8. The van der Waals surface area contributed by atoms with Crippen molar-refractivity contribution in [3.63, 3.8) is 0 Å². The lowest BCUT2D eigenvalue weighted by Crippen LogP contribution is -1.96. The van der Waals surface area contributed by atoms with E-state index in [-0.39, 0.29) is 27.5 Å². The summed E-state index contributed by atoms with van der Waals surface area (Å²) in [5, 5.41) is 18.5. The van der Waals surface area contributed by atoms with Crippen LogP contribution in [0.2, 0.25) is 5.02 Å². The van der Waals surface area contributed by atoms with Crippen LogP contribution in [0.3, 0.4) is 0 Å². The molecule has 0 aliphatic rings. The Morgan fingerprint density at radius 2 is 1.84 bits per heavy atom. The predicted molar refractivity (Wildman–Crippen MR) is 73.2 cm³/mol. The van der Waals surface area contributed by atoms with Crippen LogP contribution < -0.4 is 0 Å². The van der Waals surface area contributed by atoms with Crippen LogP contribution in [0.25, 0.3) is 11.1 Å². The molecule has 0 radical (unpaired) electrons. The van der Waals surface area contributed by atoms with E-state index in [1.54, 1.807) is 6.07 Å². The molecule has 0 saturated heterocycles. The first-order valence-electron chi connectivity index (χ1n) is 5.12. The lowest BCUT2D eigenvalue weighted by molar-refractivity contribution is 0.0696. The standard InChI is InChI=1S/C13H7BrClFO3/c14-9-4-3-8(12(16)11(9)15)7-2-1-6(13(18)19)5-10(7)17/h1-5,17H,(H,18,19). The van der Waals surface area contributed by atoms with Crippen molar-refractivity contribution >= 4 is 33.5 Å². The van der Waals surface area contributed by atoms with Gasteiger partial charge in [-0.05, 0) is 40.2 Å². The van der Waals surface area contributed by atoms with Gasteiger partial charge in [0.1, 0.15) is 5.75 Å². The van der Waals surface area contributed by atoms with Gasteiger partial charge in [-0.15, -0.1) is 0 Å². The van der Waals surface area contributed by atoms with Crippen molar-refractivity contribution in [3.05, 3.63) is 51.2 Å². The van der Waals surface area contributed by atoms with Crippen molar-refractivity contribution in [1.82, 2.24) is 0 Å². The molecule has 0 aliphatic heterocycles. The number of phenols is 1. The second kappa shape index (κ2) is 5.19. The van der Waals surface area contributed by atoms with Gasteiger partial charge >= 0.3 is 5.97 Å². The number of carbonyl (C=O) groups is 1. The minimum atomic E-state index is -1.17. The van der Waals surface area contributed by atoms with Gasteiger partial charge in [-0.2, -0.15) is 0 Å². The van der Waals surface area contributed by atoms with E-state index < -0.39 is 11.8 Å². The van der Waals surface area contributed by atoms with Crippen LogP contribution in [0.15, 0.2) is 34.8 Å². The molecule has 0 bridgehead atoms. The highest BCUT2D eigenvalue weighted by Gasteiger charge is 2.16. The summed E-state index contributed by atoms with van der Waals surface area (Å²) in [6, 6.07) is 6.67. The first-order valence-corrected chi connectivity index (χ1v) is 6.29. The van der Waals surface area contributed by atoms with Gasteiger partial charge in [0.2, 0.25) is 0 Å². The van der Waals surface area contributed by atoms with Gasteiger partial charge in [0.25, 0.3) is 0 Å². The number of aromatic carboxylic acids is 1. The highest BCUT2D eigenvalue weighted by molar-refractivity contribution is 9.10. The SMILES string of the molecule is O=C(O)c1ccc(-c2ccc(Br)c(Cl)c2F)c(O)c1. The normalized spacial score (nSPS) is 10.5. The molecular formula is C13H7BrClFO3. The van der Waals surface area contributed by atoms with Crippen molar-refractivity contribution in [2.24, 2.45) is 0 Å². The van der Waals surface area contributed by atoms with Gasteiger partial charge in [0.05, 0.1) is 10.6 Å². The fourth-order valence-corrected chi connectivity index (χ4v) is 2.10. The lowest BCUT2D eigenvalue weighted by atomic mass is 10.0. The minimum absolute atomic E-state index is 0.0788. The molecule has 19 heavy (non-hydrogen) atoms. The van der Waals surface area contributed by atoms with Crippen LogP contribution in [0.1, 0.15) is 10.4 Å². The van der Waals surface area contributed by atoms with Crippen molar-refractivity contribution in [1.29, 1.82) is 0 Å². The number of benzene rings is 2. The van der Waals surface area contributed by atoms with Crippen LogP contribution in [0.5, 0.6) is 5.75 Å². The van der Waals surface area contributed by atoms with E-state index in [1.165, 1.54) is 18.2 Å². The minimum Gasteiger partial charge on any atom is -0.507 e. The molecule has 0 saturated carbocycles. The van der Waals surface area contributed by atoms with Gasteiger partial charge < -0.3 is 10.2 Å². The quantitative estimate of drug-likeness (QED) is 0.797. The summed E-state index contributed by atoms with van der Waals surface area (Å²) in [6.45, 7) is 0. The zero-order valence-electron chi connectivity index (χ0n) is 9.32. The molecular weight excluding hydrogens is 338 g/mol. The van der Waals surface area contributed by atoms with Gasteiger partial charge in [0, 0.05) is 15.6 Å². The monoisotopic (exact) mass is 344 g/mol. The molecule has 2 N–H and O–H groups in total. The molecule has 0 fully saturated rings. The molecule has 2 rings (SSSR count). The van der Waals surface area contributed by atoms with E-state index in [1.807, 2.05) is 0 Å². The Balaban J connectivity index is 2.60. The molecule has 0 spiro atoms. The van der Waals surface area contributed by atoms with E-state index >= 15 is 0 Å². The van der Waals surface area contributed by atoms with Crippen LogP contribution in [0.4, 0.5) is 4.39 Å². The third-order valence-corrected chi connectivity index (χ3v) is 3.83. The largest absolute Gasteiger partial charge is 0.507 e. The number of carboxylic acids is 1. The van der Waals surface area contributed by atoms with Crippen molar-refractivity contribution in [2.75, 3.05) is 0 Å². The number of phenolic OH excluding ortho intramolecular Hbond substituents is 1. The fourth-order valence-electron chi connectivity index (χ4n) is 1.63. The van der Waals surface area contributed by atoms with Gasteiger partial charge in [0.15, 0.2) is 5.82 Å². The van der Waals surface area contributed by atoms with Crippen molar-refractivity contribution in [2.45, 2.75) is 0 Å². The summed E-state index contributed by atoms with van der Waals surface area (Å²) in [6.07, 6.45) is 0. The maximum atomic E-state index is 14.0. The summed E-state index contributed by atoms with van der Waals surface area (Å²) in [7, 11) is 0. The number of halogens is 3. The molecule has 0 amide bonds. The predicted octanol–water partition coefficient (Wildman–Crippen LogP) is 4.31. The fraction of sp³-hybridized carbons (Fsp3) is 0. The zero-order valence-corrected chi connectivity index (χ0v) is 11.7. The number of rotatable bonds is 2.